The number of hydrogen-bond donors (Lipinski definition) is 1. The lowest BCUT2D eigenvalue weighted by Crippen LogP contribution is -2.18. The molecule has 1 amide bonds. The van der Waals surface area contributed by atoms with Gasteiger partial charge in [-0.25, -0.2) is 4.39 Å². The van der Waals surface area contributed by atoms with Gasteiger partial charge in [0.15, 0.2) is 11.0 Å². The molecule has 4 rings (SSSR count). The van der Waals surface area contributed by atoms with Crippen molar-refractivity contribution in [2.75, 3.05) is 17.7 Å². The first-order chi connectivity index (χ1) is 15.0. The fraction of sp³-hybridized carbons (Fsp3) is 0.348. The topological polar surface area (TPSA) is 69.0 Å². The Morgan fingerprint density at radius 3 is 2.77 bits per heavy atom. The van der Waals surface area contributed by atoms with Crippen molar-refractivity contribution in [1.82, 2.24) is 14.8 Å². The van der Waals surface area contributed by atoms with Crippen LogP contribution in [0.5, 0.6) is 0 Å². The summed E-state index contributed by atoms with van der Waals surface area (Å²) in [5, 5.41) is 12.3. The lowest BCUT2D eigenvalue weighted by molar-refractivity contribution is -0.113. The van der Waals surface area contributed by atoms with Crippen molar-refractivity contribution in [1.29, 1.82) is 0 Å². The number of hydrogen-bond acceptors (Lipinski definition) is 5. The lowest BCUT2D eigenvalue weighted by atomic mass is 10.1. The van der Waals surface area contributed by atoms with Crippen molar-refractivity contribution < 1.29 is 13.9 Å². The summed E-state index contributed by atoms with van der Waals surface area (Å²) in [7, 11) is 0. The van der Waals surface area contributed by atoms with Crippen LogP contribution in [0, 0.1) is 19.7 Å². The summed E-state index contributed by atoms with van der Waals surface area (Å²) >= 11 is 1.33. The monoisotopic (exact) mass is 440 g/mol. The number of benzene rings is 2. The molecule has 0 unspecified atom stereocenters. The maximum atomic E-state index is 13.4. The molecule has 0 aliphatic carbocycles. The van der Waals surface area contributed by atoms with E-state index in [1.807, 2.05) is 36.6 Å². The second kappa shape index (κ2) is 9.62. The van der Waals surface area contributed by atoms with Gasteiger partial charge in [0.25, 0.3) is 0 Å². The van der Waals surface area contributed by atoms with Crippen LogP contribution in [0.2, 0.25) is 0 Å². The summed E-state index contributed by atoms with van der Waals surface area (Å²) in [6.07, 6.45) is 2.08. The van der Waals surface area contributed by atoms with Crippen LogP contribution >= 0.6 is 11.8 Å². The number of nitrogens with zero attached hydrogens (tertiary/aromatic N) is 3. The number of aromatic nitrogens is 3. The van der Waals surface area contributed by atoms with E-state index in [0.29, 0.717) is 17.5 Å². The van der Waals surface area contributed by atoms with Crippen molar-refractivity contribution in [2.45, 2.75) is 44.5 Å². The summed E-state index contributed by atoms with van der Waals surface area (Å²) in [6, 6.07) is 12.0. The highest BCUT2D eigenvalue weighted by atomic mass is 32.2. The molecule has 3 aromatic rings. The van der Waals surface area contributed by atoms with E-state index in [2.05, 4.69) is 15.5 Å². The summed E-state index contributed by atoms with van der Waals surface area (Å²) in [4.78, 5) is 12.6. The Balaban J connectivity index is 1.51. The van der Waals surface area contributed by atoms with E-state index in [-0.39, 0.29) is 23.6 Å². The molecule has 31 heavy (non-hydrogen) atoms. The zero-order valence-corrected chi connectivity index (χ0v) is 18.4. The first kappa shape index (κ1) is 21.5. The van der Waals surface area contributed by atoms with Crippen LogP contribution in [-0.4, -0.2) is 39.1 Å². The molecule has 0 saturated carbocycles. The van der Waals surface area contributed by atoms with E-state index >= 15 is 0 Å². The molecule has 6 nitrogen and oxygen atoms in total. The second-order valence-electron chi connectivity index (χ2n) is 7.64. The van der Waals surface area contributed by atoms with Crippen LogP contribution < -0.4 is 5.32 Å². The number of halogens is 1. The number of anilines is 1. The molecule has 0 radical (unpaired) electrons. The Bertz CT molecular complexity index is 1060. The SMILES string of the molecule is Cc1cccc(NC(=O)CSc2nnc(-c3ccc(F)cc3)n2C[C@@H]2CCCO2)c1C. The predicted octanol–water partition coefficient (Wildman–Crippen LogP) is 4.61. The maximum absolute atomic E-state index is 13.4. The molecule has 162 valence electrons. The average molecular weight is 441 g/mol. The van der Waals surface area contributed by atoms with Crippen LogP contribution in [0.1, 0.15) is 24.0 Å². The predicted molar refractivity (Wildman–Crippen MR) is 120 cm³/mol. The van der Waals surface area contributed by atoms with Gasteiger partial charge in [0.05, 0.1) is 18.4 Å². The van der Waals surface area contributed by atoms with Gasteiger partial charge in [0, 0.05) is 17.9 Å². The molecule has 1 saturated heterocycles. The first-order valence-electron chi connectivity index (χ1n) is 10.3. The molecular weight excluding hydrogens is 415 g/mol. The molecule has 1 N–H and O–H groups in total. The highest BCUT2D eigenvalue weighted by Gasteiger charge is 2.22. The number of aryl methyl sites for hydroxylation is 1. The third-order valence-corrected chi connectivity index (χ3v) is 6.41. The summed E-state index contributed by atoms with van der Waals surface area (Å²) < 4.78 is 21.1. The zero-order chi connectivity index (χ0) is 21.8. The van der Waals surface area contributed by atoms with E-state index in [1.165, 1.54) is 23.9 Å². The van der Waals surface area contributed by atoms with Gasteiger partial charge in [-0.1, -0.05) is 23.9 Å². The summed E-state index contributed by atoms with van der Waals surface area (Å²) in [5.74, 6) is 0.453. The number of nitrogens with one attached hydrogen (secondary N) is 1. The average Bonchev–Trinajstić information content (AvgIpc) is 3.41. The van der Waals surface area contributed by atoms with Crippen molar-refractivity contribution in [2.24, 2.45) is 0 Å². The van der Waals surface area contributed by atoms with E-state index in [9.17, 15) is 9.18 Å². The van der Waals surface area contributed by atoms with Gasteiger partial charge in [-0.15, -0.1) is 10.2 Å². The van der Waals surface area contributed by atoms with Gasteiger partial charge in [0.1, 0.15) is 5.82 Å². The number of carbonyl (C=O) groups is 1. The molecule has 8 heteroatoms. The van der Waals surface area contributed by atoms with Gasteiger partial charge in [-0.2, -0.15) is 0 Å². The van der Waals surface area contributed by atoms with Crippen molar-refractivity contribution in [3.8, 4) is 11.4 Å². The second-order valence-corrected chi connectivity index (χ2v) is 8.59. The maximum Gasteiger partial charge on any atom is 0.234 e. The molecular formula is C23H25FN4O2S. The Morgan fingerprint density at radius 2 is 2.03 bits per heavy atom. The van der Waals surface area contributed by atoms with Gasteiger partial charge >= 0.3 is 0 Å². The van der Waals surface area contributed by atoms with E-state index in [0.717, 1.165) is 41.8 Å². The van der Waals surface area contributed by atoms with E-state index in [4.69, 9.17) is 4.74 Å². The van der Waals surface area contributed by atoms with Gasteiger partial charge < -0.3 is 10.1 Å². The zero-order valence-electron chi connectivity index (χ0n) is 17.6. The fourth-order valence-corrected chi connectivity index (χ4v) is 4.32. The smallest absolute Gasteiger partial charge is 0.234 e. The van der Waals surface area contributed by atoms with E-state index < -0.39 is 0 Å². The minimum atomic E-state index is -0.299. The molecule has 1 aliphatic rings. The van der Waals surface area contributed by atoms with Gasteiger partial charge in [-0.3, -0.25) is 9.36 Å². The van der Waals surface area contributed by atoms with Gasteiger partial charge in [0.2, 0.25) is 5.91 Å². The minimum Gasteiger partial charge on any atom is -0.376 e. The number of rotatable bonds is 7. The Labute approximate surface area is 185 Å². The molecule has 1 atom stereocenters. The van der Waals surface area contributed by atoms with Crippen LogP contribution in [0.3, 0.4) is 0 Å². The van der Waals surface area contributed by atoms with Crippen molar-refractivity contribution >= 4 is 23.4 Å². The summed E-state index contributed by atoms with van der Waals surface area (Å²) in [6.45, 7) is 5.36. The molecule has 1 fully saturated rings. The minimum absolute atomic E-state index is 0.0818. The molecule has 1 aliphatic heterocycles. The Morgan fingerprint density at radius 1 is 1.23 bits per heavy atom. The standard InChI is InChI=1S/C23H25FN4O2S/c1-15-5-3-7-20(16(15)2)25-21(29)14-31-23-27-26-22(17-8-10-18(24)11-9-17)28(23)13-19-6-4-12-30-19/h3,5,7-11,19H,4,6,12-14H2,1-2H3,(H,25,29)/t19-/m0/s1. The number of amides is 1. The lowest BCUT2D eigenvalue weighted by Gasteiger charge is -2.15. The third-order valence-electron chi connectivity index (χ3n) is 5.44. The highest BCUT2D eigenvalue weighted by molar-refractivity contribution is 7.99. The normalized spacial score (nSPS) is 15.9. The molecule has 2 heterocycles. The van der Waals surface area contributed by atoms with Crippen LogP contribution in [0.25, 0.3) is 11.4 Å². The van der Waals surface area contributed by atoms with Crippen LogP contribution in [-0.2, 0) is 16.1 Å². The molecule has 0 spiro atoms. The molecule has 1 aromatic heterocycles. The highest BCUT2D eigenvalue weighted by Crippen LogP contribution is 2.27. The summed E-state index contributed by atoms with van der Waals surface area (Å²) in [5.41, 5.74) is 3.78. The van der Waals surface area contributed by atoms with E-state index in [1.54, 1.807) is 12.1 Å². The van der Waals surface area contributed by atoms with Crippen LogP contribution in [0.4, 0.5) is 10.1 Å². The number of ether oxygens (including phenoxy) is 1. The van der Waals surface area contributed by atoms with Crippen molar-refractivity contribution in [3.05, 3.63) is 59.4 Å². The van der Waals surface area contributed by atoms with Gasteiger partial charge in [-0.05, 0) is 68.1 Å². The number of thioether (sulfide) groups is 1. The third kappa shape index (κ3) is 5.14. The Hall–Kier alpha value is -2.71. The number of carbonyl (C=O) groups excluding carboxylic acids is 1. The molecule has 0 bridgehead atoms. The first-order valence-corrected chi connectivity index (χ1v) is 11.3. The Kier molecular flexibility index (Phi) is 6.67. The fourth-order valence-electron chi connectivity index (χ4n) is 3.57. The quantitative estimate of drug-likeness (QED) is 0.544. The van der Waals surface area contributed by atoms with Crippen LogP contribution in [0.15, 0.2) is 47.6 Å². The largest absolute Gasteiger partial charge is 0.376 e. The molecule has 2 aromatic carbocycles. The van der Waals surface area contributed by atoms with Crippen molar-refractivity contribution in [3.63, 3.8) is 0 Å².